The van der Waals surface area contributed by atoms with Crippen molar-refractivity contribution in [1.29, 1.82) is 0 Å². The Hall–Kier alpha value is -2.23. The quantitative estimate of drug-likeness (QED) is 0.918. The Morgan fingerprint density at radius 2 is 1.63 bits per heavy atom. The van der Waals surface area contributed by atoms with E-state index in [0.717, 1.165) is 16.3 Å². The predicted molar refractivity (Wildman–Crippen MR) is 73.1 cm³/mol. The van der Waals surface area contributed by atoms with Crippen LogP contribution >= 0.6 is 0 Å². The van der Waals surface area contributed by atoms with Crippen LogP contribution in [0.25, 0.3) is 10.8 Å². The van der Waals surface area contributed by atoms with Gasteiger partial charge in [0.05, 0.1) is 20.6 Å². The van der Waals surface area contributed by atoms with Gasteiger partial charge in [0.1, 0.15) is 11.5 Å². The smallest absolute Gasteiger partial charge is 0.307 e. The number of methoxy groups -OCH3 is 2. The van der Waals surface area contributed by atoms with Gasteiger partial charge in [-0.1, -0.05) is 24.3 Å². The van der Waals surface area contributed by atoms with Gasteiger partial charge in [-0.25, -0.2) is 0 Å². The molecule has 0 aliphatic carbocycles. The number of aliphatic carboxylic acids is 1. The van der Waals surface area contributed by atoms with Gasteiger partial charge in [0.2, 0.25) is 0 Å². The minimum Gasteiger partial charge on any atom is -0.496 e. The van der Waals surface area contributed by atoms with E-state index in [1.807, 2.05) is 31.2 Å². The minimum absolute atomic E-state index is 0.0871. The van der Waals surface area contributed by atoms with E-state index in [1.165, 1.54) is 0 Å². The molecule has 0 aliphatic heterocycles. The molecule has 0 unspecified atom stereocenters. The van der Waals surface area contributed by atoms with Crippen LogP contribution in [0.1, 0.15) is 11.1 Å². The molecular formula is C15H16O4. The van der Waals surface area contributed by atoms with E-state index in [0.29, 0.717) is 17.1 Å². The molecule has 0 heterocycles. The third-order valence-electron chi connectivity index (χ3n) is 3.22. The molecule has 0 spiro atoms. The highest BCUT2D eigenvalue weighted by atomic mass is 16.5. The molecule has 2 rings (SSSR count). The van der Waals surface area contributed by atoms with Gasteiger partial charge in [0.25, 0.3) is 0 Å². The summed E-state index contributed by atoms with van der Waals surface area (Å²) in [5.74, 6) is 0.419. The summed E-state index contributed by atoms with van der Waals surface area (Å²) in [5, 5.41) is 10.8. The highest BCUT2D eigenvalue weighted by Gasteiger charge is 2.19. The van der Waals surface area contributed by atoms with Crippen LogP contribution in [0.3, 0.4) is 0 Å². The lowest BCUT2D eigenvalue weighted by atomic mass is 9.96. The molecule has 0 radical (unpaired) electrons. The summed E-state index contributed by atoms with van der Waals surface area (Å²) in [6.45, 7) is 1.85. The van der Waals surface area contributed by atoms with Gasteiger partial charge in [-0.2, -0.15) is 0 Å². The number of ether oxygens (including phenoxy) is 2. The van der Waals surface area contributed by atoms with Crippen molar-refractivity contribution in [3.8, 4) is 11.5 Å². The predicted octanol–water partition coefficient (Wildman–Crippen LogP) is 2.79. The van der Waals surface area contributed by atoms with E-state index >= 15 is 0 Å². The number of carbonyl (C=O) groups is 1. The van der Waals surface area contributed by atoms with E-state index in [9.17, 15) is 4.79 Å². The molecule has 0 aromatic heterocycles. The molecule has 2 aromatic carbocycles. The topological polar surface area (TPSA) is 55.8 Å². The first-order chi connectivity index (χ1) is 9.10. The maximum atomic E-state index is 11.0. The van der Waals surface area contributed by atoms with E-state index in [2.05, 4.69) is 0 Å². The van der Waals surface area contributed by atoms with Crippen LogP contribution in [0.2, 0.25) is 0 Å². The summed E-state index contributed by atoms with van der Waals surface area (Å²) in [6.07, 6.45) is -0.0871. The van der Waals surface area contributed by atoms with Crippen LogP contribution in [0.5, 0.6) is 11.5 Å². The van der Waals surface area contributed by atoms with Crippen molar-refractivity contribution in [3.63, 3.8) is 0 Å². The second-order valence-corrected chi connectivity index (χ2v) is 4.29. The largest absolute Gasteiger partial charge is 0.496 e. The second-order valence-electron chi connectivity index (χ2n) is 4.29. The number of carboxylic acid groups (broad SMARTS) is 1. The molecule has 4 heteroatoms. The summed E-state index contributed by atoms with van der Waals surface area (Å²) in [5.41, 5.74) is 1.46. The summed E-state index contributed by atoms with van der Waals surface area (Å²) in [4.78, 5) is 11.0. The van der Waals surface area contributed by atoms with Gasteiger partial charge in [-0.3, -0.25) is 4.79 Å². The SMILES string of the molecule is COc1c(C)c(CC(=O)O)c(OC)c2ccccc12. The zero-order valence-corrected chi connectivity index (χ0v) is 11.2. The summed E-state index contributed by atoms with van der Waals surface area (Å²) in [6, 6.07) is 7.65. The maximum absolute atomic E-state index is 11.0. The Kier molecular flexibility index (Phi) is 3.60. The fourth-order valence-electron chi connectivity index (χ4n) is 2.41. The molecule has 19 heavy (non-hydrogen) atoms. The van der Waals surface area contributed by atoms with Crippen molar-refractivity contribution >= 4 is 16.7 Å². The Bertz CT molecular complexity index is 632. The van der Waals surface area contributed by atoms with Crippen LogP contribution in [-0.4, -0.2) is 25.3 Å². The number of carboxylic acids is 1. The summed E-state index contributed by atoms with van der Waals surface area (Å²) >= 11 is 0. The van der Waals surface area contributed by atoms with Crippen LogP contribution < -0.4 is 9.47 Å². The highest BCUT2D eigenvalue weighted by Crippen LogP contribution is 2.40. The fourth-order valence-corrected chi connectivity index (χ4v) is 2.41. The standard InChI is InChI=1S/C15H16O4/c1-9-12(8-13(16)17)15(19-3)11-7-5-4-6-10(11)14(9)18-2/h4-7H,8H2,1-3H3,(H,16,17). The van der Waals surface area contributed by atoms with Crippen molar-refractivity contribution in [2.45, 2.75) is 13.3 Å². The Balaban J connectivity index is 2.86. The fraction of sp³-hybridized carbons (Fsp3) is 0.267. The van der Waals surface area contributed by atoms with Gasteiger partial charge in [-0.05, 0) is 12.5 Å². The van der Waals surface area contributed by atoms with E-state index in [-0.39, 0.29) is 6.42 Å². The third kappa shape index (κ3) is 2.21. The molecule has 100 valence electrons. The molecule has 0 aliphatic rings. The Labute approximate surface area is 111 Å². The molecule has 0 amide bonds. The molecule has 4 nitrogen and oxygen atoms in total. The van der Waals surface area contributed by atoms with E-state index in [1.54, 1.807) is 14.2 Å². The molecule has 0 fully saturated rings. The number of benzene rings is 2. The molecule has 2 aromatic rings. The minimum atomic E-state index is -0.890. The highest BCUT2D eigenvalue weighted by molar-refractivity contribution is 5.97. The summed E-state index contributed by atoms with van der Waals surface area (Å²) < 4.78 is 10.9. The maximum Gasteiger partial charge on any atom is 0.307 e. The third-order valence-corrected chi connectivity index (χ3v) is 3.22. The van der Waals surface area contributed by atoms with Crippen molar-refractivity contribution in [2.75, 3.05) is 14.2 Å². The molecule has 0 saturated heterocycles. The van der Waals surface area contributed by atoms with Crippen LogP contribution in [0.4, 0.5) is 0 Å². The lowest BCUT2D eigenvalue weighted by molar-refractivity contribution is -0.136. The average Bonchev–Trinajstić information content (AvgIpc) is 2.39. The van der Waals surface area contributed by atoms with Crippen LogP contribution in [0.15, 0.2) is 24.3 Å². The lowest BCUT2D eigenvalue weighted by Crippen LogP contribution is -2.06. The number of hydrogen-bond donors (Lipinski definition) is 1. The van der Waals surface area contributed by atoms with Crippen molar-refractivity contribution < 1.29 is 19.4 Å². The number of hydrogen-bond acceptors (Lipinski definition) is 3. The monoisotopic (exact) mass is 260 g/mol. The normalized spacial score (nSPS) is 10.5. The van der Waals surface area contributed by atoms with Crippen LogP contribution in [-0.2, 0) is 11.2 Å². The zero-order valence-electron chi connectivity index (χ0n) is 11.2. The average molecular weight is 260 g/mol. The number of rotatable bonds is 4. The first kappa shape index (κ1) is 13.2. The number of fused-ring (bicyclic) bond motifs is 1. The first-order valence-corrected chi connectivity index (χ1v) is 5.94. The van der Waals surface area contributed by atoms with Crippen LogP contribution in [0, 0.1) is 6.92 Å². The molecule has 0 bridgehead atoms. The lowest BCUT2D eigenvalue weighted by Gasteiger charge is -2.17. The van der Waals surface area contributed by atoms with Gasteiger partial charge in [0.15, 0.2) is 0 Å². The van der Waals surface area contributed by atoms with Gasteiger partial charge in [0, 0.05) is 16.3 Å². The molecule has 1 N–H and O–H groups in total. The van der Waals surface area contributed by atoms with Gasteiger partial charge in [-0.15, -0.1) is 0 Å². The van der Waals surface area contributed by atoms with Crippen molar-refractivity contribution in [3.05, 3.63) is 35.4 Å². The van der Waals surface area contributed by atoms with Crippen molar-refractivity contribution in [1.82, 2.24) is 0 Å². The van der Waals surface area contributed by atoms with E-state index < -0.39 is 5.97 Å². The summed E-state index contributed by atoms with van der Waals surface area (Å²) in [7, 11) is 3.14. The first-order valence-electron chi connectivity index (χ1n) is 5.94. The zero-order chi connectivity index (χ0) is 14.0. The van der Waals surface area contributed by atoms with Gasteiger partial charge >= 0.3 is 5.97 Å². The molecule has 0 saturated carbocycles. The Morgan fingerprint density at radius 3 is 2.11 bits per heavy atom. The molecule has 0 atom stereocenters. The van der Waals surface area contributed by atoms with E-state index in [4.69, 9.17) is 14.6 Å². The van der Waals surface area contributed by atoms with Crippen molar-refractivity contribution in [2.24, 2.45) is 0 Å². The Morgan fingerprint density at radius 1 is 1.11 bits per heavy atom. The second kappa shape index (κ2) is 5.18. The molecular weight excluding hydrogens is 244 g/mol. The van der Waals surface area contributed by atoms with Gasteiger partial charge < -0.3 is 14.6 Å².